The van der Waals surface area contributed by atoms with Gasteiger partial charge in [-0.3, -0.25) is 4.90 Å². The molecule has 166 valence electrons. The molecule has 1 aliphatic heterocycles. The van der Waals surface area contributed by atoms with Crippen LogP contribution < -0.4 is 24.0 Å². The van der Waals surface area contributed by atoms with Crippen molar-refractivity contribution >= 4 is 35.3 Å². The molecule has 1 aromatic heterocycles. The van der Waals surface area contributed by atoms with E-state index in [0.29, 0.717) is 23.1 Å². The fraction of sp³-hybridized carbons (Fsp3) is 0.182. The van der Waals surface area contributed by atoms with Gasteiger partial charge in [0.25, 0.3) is 0 Å². The Morgan fingerprint density at radius 1 is 1.06 bits per heavy atom. The summed E-state index contributed by atoms with van der Waals surface area (Å²) >= 11 is 1.18. The quantitative estimate of drug-likeness (QED) is 0.520. The summed E-state index contributed by atoms with van der Waals surface area (Å²) in [6.45, 7) is -0.302. The number of benzene rings is 2. The molecule has 2 aromatic carbocycles. The SMILES string of the molecule is CNc1nc(N2Sc3ccccc3N(Cc3c(F)cc(OC)cc3F)C2=O)ccc1OC. The first-order chi connectivity index (χ1) is 15.5. The Morgan fingerprint density at radius 2 is 1.78 bits per heavy atom. The first-order valence-corrected chi connectivity index (χ1v) is 10.4. The van der Waals surface area contributed by atoms with Crippen LogP contribution in [0.25, 0.3) is 0 Å². The van der Waals surface area contributed by atoms with Gasteiger partial charge in [-0.25, -0.2) is 22.9 Å². The Hall–Kier alpha value is -3.53. The van der Waals surface area contributed by atoms with Crippen LogP contribution in [0.2, 0.25) is 0 Å². The lowest BCUT2D eigenvalue weighted by atomic mass is 10.1. The highest BCUT2D eigenvalue weighted by molar-refractivity contribution is 8.01. The van der Waals surface area contributed by atoms with Crippen LogP contribution in [-0.2, 0) is 6.54 Å². The molecule has 2 amide bonds. The zero-order valence-corrected chi connectivity index (χ0v) is 18.4. The fourth-order valence-corrected chi connectivity index (χ4v) is 4.28. The van der Waals surface area contributed by atoms with Gasteiger partial charge in [-0.1, -0.05) is 12.1 Å². The van der Waals surface area contributed by atoms with Crippen molar-refractivity contribution in [3.63, 3.8) is 0 Å². The molecule has 32 heavy (non-hydrogen) atoms. The van der Waals surface area contributed by atoms with Crippen LogP contribution in [0, 0.1) is 11.6 Å². The van der Waals surface area contributed by atoms with Gasteiger partial charge in [0, 0.05) is 36.7 Å². The molecule has 0 fully saturated rings. The summed E-state index contributed by atoms with van der Waals surface area (Å²) < 4.78 is 40.9. The number of aromatic nitrogens is 1. The van der Waals surface area contributed by atoms with Gasteiger partial charge in [0.15, 0.2) is 11.6 Å². The van der Waals surface area contributed by atoms with E-state index in [1.807, 2.05) is 12.1 Å². The Morgan fingerprint density at radius 3 is 2.44 bits per heavy atom. The number of amides is 2. The van der Waals surface area contributed by atoms with Gasteiger partial charge in [0.2, 0.25) is 0 Å². The Kier molecular flexibility index (Phi) is 6.04. The van der Waals surface area contributed by atoms with Gasteiger partial charge in [0.05, 0.1) is 31.3 Å². The van der Waals surface area contributed by atoms with E-state index in [1.165, 1.54) is 35.4 Å². The molecule has 10 heteroatoms. The van der Waals surface area contributed by atoms with Gasteiger partial charge in [-0.05, 0) is 24.3 Å². The van der Waals surface area contributed by atoms with Gasteiger partial charge >= 0.3 is 6.03 Å². The molecule has 0 unspecified atom stereocenters. The highest BCUT2D eigenvalue weighted by Crippen LogP contribution is 2.42. The van der Waals surface area contributed by atoms with E-state index in [0.717, 1.165) is 17.0 Å². The van der Waals surface area contributed by atoms with Crippen molar-refractivity contribution in [3.05, 3.63) is 65.7 Å². The monoisotopic (exact) mass is 458 g/mol. The van der Waals surface area contributed by atoms with Crippen molar-refractivity contribution in [3.8, 4) is 11.5 Å². The number of carbonyl (C=O) groups is 1. The maximum absolute atomic E-state index is 14.6. The van der Waals surface area contributed by atoms with E-state index in [1.54, 1.807) is 31.3 Å². The first-order valence-electron chi connectivity index (χ1n) is 9.60. The molecule has 0 aliphatic carbocycles. The van der Waals surface area contributed by atoms with Gasteiger partial charge in [-0.15, -0.1) is 0 Å². The third-order valence-corrected chi connectivity index (χ3v) is 5.99. The van der Waals surface area contributed by atoms with Crippen molar-refractivity contribution in [2.75, 3.05) is 35.8 Å². The van der Waals surface area contributed by atoms with E-state index < -0.39 is 17.7 Å². The van der Waals surface area contributed by atoms with Crippen molar-refractivity contribution in [2.24, 2.45) is 0 Å². The molecule has 1 aliphatic rings. The maximum Gasteiger partial charge on any atom is 0.341 e. The van der Waals surface area contributed by atoms with E-state index in [2.05, 4.69) is 10.3 Å². The highest BCUT2D eigenvalue weighted by Gasteiger charge is 2.34. The lowest BCUT2D eigenvalue weighted by Gasteiger charge is -2.35. The van der Waals surface area contributed by atoms with Crippen LogP contribution in [0.1, 0.15) is 5.56 Å². The zero-order valence-electron chi connectivity index (χ0n) is 17.6. The lowest BCUT2D eigenvalue weighted by molar-refractivity contribution is 0.254. The number of fused-ring (bicyclic) bond motifs is 1. The summed E-state index contributed by atoms with van der Waals surface area (Å²) in [6.07, 6.45) is 0. The van der Waals surface area contributed by atoms with Crippen molar-refractivity contribution in [1.29, 1.82) is 0 Å². The molecule has 0 radical (unpaired) electrons. The van der Waals surface area contributed by atoms with Gasteiger partial charge < -0.3 is 14.8 Å². The number of carbonyl (C=O) groups excluding carboxylic acids is 1. The first kappa shape index (κ1) is 21.7. The van der Waals surface area contributed by atoms with Crippen molar-refractivity contribution in [2.45, 2.75) is 11.4 Å². The highest BCUT2D eigenvalue weighted by atomic mass is 32.2. The molecule has 2 heterocycles. The van der Waals surface area contributed by atoms with Crippen LogP contribution >= 0.6 is 11.9 Å². The average molecular weight is 458 g/mol. The summed E-state index contributed by atoms with van der Waals surface area (Å²) in [6, 6.07) is 12.2. The average Bonchev–Trinajstić information content (AvgIpc) is 2.81. The number of halogens is 2. The molecule has 0 atom stereocenters. The second-order valence-electron chi connectivity index (χ2n) is 6.76. The predicted molar refractivity (Wildman–Crippen MR) is 120 cm³/mol. The standard InChI is InChI=1S/C22H20F2N4O3S/c1-25-21-18(31-3)8-9-20(26-21)28-22(29)27(17-6-4-5-7-19(17)32-28)12-14-15(23)10-13(30-2)11-16(14)24/h4-11H,12H2,1-3H3,(H,25,26). The molecule has 3 aromatic rings. The Balaban J connectivity index is 1.76. The second kappa shape index (κ2) is 8.91. The number of para-hydroxylation sites is 1. The van der Waals surface area contributed by atoms with Crippen LogP contribution in [0.3, 0.4) is 0 Å². The molecule has 0 spiro atoms. The van der Waals surface area contributed by atoms with Crippen LogP contribution in [0.15, 0.2) is 53.4 Å². The number of nitrogens with one attached hydrogen (secondary N) is 1. The summed E-state index contributed by atoms with van der Waals surface area (Å²) in [4.78, 5) is 20.0. The van der Waals surface area contributed by atoms with Crippen LogP contribution in [0.5, 0.6) is 11.5 Å². The summed E-state index contributed by atoms with van der Waals surface area (Å²) in [5, 5.41) is 2.93. The Labute approximate surface area is 188 Å². The van der Waals surface area contributed by atoms with E-state index in [9.17, 15) is 13.6 Å². The number of hydrogen-bond acceptors (Lipinski definition) is 6. The minimum Gasteiger partial charge on any atom is -0.497 e. The third kappa shape index (κ3) is 3.89. The molecular weight excluding hydrogens is 438 g/mol. The molecular formula is C22H20F2N4O3S. The van der Waals surface area contributed by atoms with Crippen LogP contribution in [0.4, 0.5) is 30.9 Å². The van der Waals surface area contributed by atoms with E-state index in [4.69, 9.17) is 9.47 Å². The molecule has 1 N–H and O–H groups in total. The normalized spacial score (nSPS) is 13.1. The number of hydrogen-bond donors (Lipinski definition) is 1. The largest absolute Gasteiger partial charge is 0.497 e. The minimum absolute atomic E-state index is 0.0633. The number of methoxy groups -OCH3 is 2. The number of rotatable bonds is 6. The predicted octanol–water partition coefficient (Wildman–Crippen LogP) is 5.07. The minimum atomic E-state index is -0.794. The van der Waals surface area contributed by atoms with Crippen molar-refractivity contribution in [1.82, 2.24) is 4.98 Å². The molecule has 4 rings (SSSR count). The third-order valence-electron chi connectivity index (χ3n) is 4.93. The van der Waals surface area contributed by atoms with Crippen LogP contribution in [-0.4, -0.2) is 32.3 Å². The van der Waals surface area contributed by atoms with E-state index in [-0.39, 0.29) is 17.9 Å². The fourth-order valence-electron chi connectivity index (χ4n) is 3.30. The summed E-state index contributed by atoms with van der Waals surface area (Å²) in [5.74, 6) is -0.205. The number of urea groups is 1. The Bertz CT molecular complexity index is 1150. The summed E-state index contributed by atoms with van der Waals surface area (Å²) in [7, 11) is 4.54. The second-order valence-corrected chi connectivity index (χ2v) is 7.75. The lowest BCUT2D eigenvalue weighted by Crippen LogP contribution is -2.43. The topological polar surface area (TPSA) is 66.9 Å². The molecule has 0 saturated carbocycles. The van der Waals surface area contributed by atoms with Crippen molar-refractivity contribution < 1.29 is 23.0 Å². The number of anilines is 3. The van der Waals surface area contributed by atoms with Gasteiger partial charge in [0.1, 0.15) is 23.2 Å². The molecule has 0 saturated heterocycles. The molecule has 0 bridgehead atoms. The van der Waals surface area contributed by atoms with E-state index >= 15 is 0 Å². The summed E-state index contributed by atoms with van der Waals surface area (Å²) in [5.41, 5.74) is 0.315. The number of nitrogens with zero attached hydrogens (tertiary/aromatic N) is 3. The zero-order chi connectivity index (χ0) is 22.8. The van der Waals surface area contributed by atoms with Gasteiger partial charge in [-0.2, -0.15) is 0 Å². The maximum atomic E-state index is 14.6. The number of pyridine rings is 1. The smallest absolute Gasteiger partial charge is 0.341 e. The molecule has 7 nitrogen and oxygen atoms in total. The number of ether oxygens (including phenoxy) is 2.